The number of nitrogens with two attached hydrogens (primary N) is 1. The fourth-order valence-corrected chi connectivity index (χ4v) is 1.65. The maximum absolute atomic E-state index is 4.61. The molecule has 0 aliphatic carbocycles. The Bertz CT molecular complexity index is 510. The van der Waals surface area contributed by atoms with Crippen molar-refractivity contribution in [2.45, 2.75) is 0 Å². The van der Waals surface area contributed by atoms with Crippen molar-refractivity contribution < 1.29 is 0 Å². The van der Waals surface area contributed by atoms with Gasteiger partial charge in [0.25, 0.3) is 0 Å². The molecule has 0 saturated heterocycles. The first-order chi connectivity index (χ1) is 10.4. The lowest BCUT2D eigenvalue weighted by Crippen LogP contribution is -1.73. The molecule has 0 unspecified atom stereocenters. The summed E-state index contributed by atoms with van der Waals surface area (Å²) in [6.07, 6.45) is 1.25. The minimum absolute atomic E-state index is 1.25. The molecule has 0 amide bonds. The maximum atomic E-state index is 4.61. The van der Waals surface area contributed by atoms with Gasteiger partial charge in [-0.15, -0.1) is 0 Å². The molecule has 0 aliphatic heterocycles. The zero-order valence-electron chi connectivity index (χ0n) is 12.1. The van der Waals surface area contributed by atoms with E-state index in [1.54, 1.807) is 0 Å². The van der Waals surface area contributed by atoms with Crippen LogP contribution in [0.3, 0.4) is 0 Å². The van der Waals surface area contributed by atoms with Gasteiger partial charge in [-0.05, 0) is 17.3 Å². The highest BCUT2D eigenvalue weighted by Gasteiger charge is 1.91. The van der Waals surface area contributed by atoms with Crippen LogP contribution in [0.5, 0.6) is 0 Å². The smallest absolute Gasteiger partial charge is 0.0136 e. The summed E-state index contributed by atoms with van der Waals surface area (Å²) < 4.78 is 0. The van der Waals surface area contributed by atoms with Crippen molar-refractivity contribution in [3.05, 3.63) is 110 Å². The van der Waals surface area contributed by atoms with Crippen LogP contribution < -0.4 is 5.73 Å². The zero-order valence-corrected chi connectivity index (χ0v) is 12.1. The van der Waals surface area contributed by atoms with Gasteiger partial charge in [-0.2, -0.15) is 0 Å². The van der Waals surface area contributed by atoms with E-state index in [4.69, 9.17) is 0 Å². The molecule has 0 saturated carbocycles. The summed E-state index contributed by atoms with van der Waals surface area (Å²) >= 11 is 0. The molecule has 0 aliphatic rings. The summed E-state index contributed by atoms with van der Waals surface area (Å²) in [6.45, 7) is 3.14. The van der Waals surface area contributed by atoms with Crippen LogP contribution >= 0.6 is 0 Å². The van der Waals surface area contributed by atoms with Crippen LogP contribution in [0.25, 0.3) is 11.1 Å². The van der Waals surface area contributed by atoms with Crippen LogP contribution in [-0.2, 0) is 0 Å². The van der Waals surface area contributed by atoms with E-state index in [0.29, 0.717) is 0 Å². The molecule has 0 bridgehead atoms. The van der Waals surface area contributed by atoms with E-state index in [0.717, 1.165) is 0 Å². The molecule has 0 aromatic heterocycles. The predicted molar refractivity (Wildman–Crippen MR) is 92.7 cm³/mol. The van der Waals surface area contributed by atoms with E-state index in [-0.39, 0.29) is 0 Å². The van der Waals surface area contributed by atoms with Crippen LogP contribution in [-0.4, -0.2) is 0 Å². The Balaban J connectivity index is 0.000000205. The number of hydrogen-bond acceptors (Lipinski definition) is 1. The Labute approximate surface area is 127 Å². The average Bonchev–Trinajstić information content (AvgIpc) is 2.59. The van der Waals surface area contributed by atoms with Gasteiger partial charge in [0, 0.05) is 0 Å². The molecule has 0 heterocycles. The largest absolute Gasteiger partial charge is 0.405 e. The lowest BCUT2D eigenvalue weighted by Gasteiger charge is -1.98. The summed E-state index contributed by atoms with van der Waals surface area (Å²) in [5, 5.41) is 0. The fourth-order valence-electron chi connectivity index (χ4n) is 1.65. The Morgan fingerprint density at radius 1 is 0.524 bits per heavy atom. The number of hydrogen-bond donors (Lipinski definition) is 1. The molecule has 0 spiro atoms. The highest BCUT2D eigenvalue weighted by Crippen LogP contribution is 2.17. The Morgan fingerprint density at radius 3 is 0.952 bits per heavy atom. The molecule has 1 nitrogen and oxygen atoms in total. The van der Waals surface area contributed by atoms with Crippen LogP contribution in [0.15, 0.2) is 110 Å². The van der Waals surface area contributed by atoms with Crippen molar-refractivity contribution in [2.75, 3.05) is 0 Å². The first-order valence-corrected chi connectivity index (χ1v) is 6.81. The van der Waals surface area contributed by atoms with E-state index >= 15 is 0 Å². The SMILES string of the molecule is C=CN.c1ccc(-c2ccccc2)cc1.c1ccccc1. The van der Waals surface area contributed by atoms with Crippen molar-refractivity contribution in [3.63, 3.8) is 0 Å². The van der Waals surface area contributed by atoms with Crippen LogP contribution in [0.1, 0.15) is 0 Å². The van der Waals surface area contributed by atoms with Crippen LogP contribution in [0.2, 0.25) is 0 Å². The van der Waals surface area contributed by atoms with E-state index in [9.17, 15) is 0 Å². The molecule has 106 valence electrons. The van der Waals surface area contributed by atoms with E-state index in [2.05, 4.69) is 60.8 Å². The third-order valence-corrected chi connectivity index (χ3v) is 2.55. The second kappa shape index (κ2) is 11.1. The Hall–Kier alpha value is -2.80. The summed E-state index contributed by atoms with van der Waals surface area (Å²) in [4.78, 5) is 0. The minimum Gasteiger partial charge on any atom is -0.405 e. The predicted octanol–water partition coefficient (Wildman–Crippen LogP) is 5.13. The number of benzene rings is 3. The highest BCUT2D eigenvalue weighted by atomic mass is 14.5. The van der Waals surface area contributed by atoms with Gasteiger partial charge in [-0.25, -0.2) is 0 Å². The zero-order chi connectivity index (χ0) is 15.2. The van der Waals surface area contributed by atoms with Crippen molar-refractivity contribution in [3.8, 4) is 11.1 Å². The molecule has 0 fully saturated rings. The first-order valence-electron chi connectivity index (χ1n) is 6.81. The molecule has 0 atom stereocenters. The molecular formula is C20H21N. The summed E-state index contributed by atoms with van der Waals surface area (Å²) in [5.74, 6) is 0. The van der Waals surface area contributed by atoms with Gasteiger partial charge in [0.05, 0.1) is 0 Å². The first kappa shape index (κ1) is 16.3. The van der Waals surface area contributed by atoms with E-state index < -0.39 is 0 Å². The Kier molecular flexibility index (Phi) is 8.56. The third-order valence-electron chi connectivity index (χ3n) is 2.55. The quantitative estimate of drug-likeness (QED) is 0.654. The van der Waals surface area contributed by atoms with Gasteiger partial charge in [0.15, 0.2) is 0 Å². The highest BCUT2D eigenvalue weighted by molar-refractivity contribution is 5.62. The monoisotopic (exact) mass is 275 g/mol. The molecule has 0 radical (unpaired) electrons. The van der Waals surface area contributed by atoms with E-state index in [1.165, 1.54) is 17.3 Å². The molecule has 2 N–H and O–H groups in total. The van der Waals surface area contributed by atoms with E-state index in [1.807, 2.05) is 48.5 Å². The van der Waals surface area contributed by atoms with Gasteiger partial charge < -0.3 is 5.73 Å². The standard InChI is InChI=1S/C12H10.C6H6.C2H5N/c1-3-7-11(8-4-1)12-9-5-2-6-10-12;1-2-4-6-5-3-1;1-2-3/h1-10H;1-6H;2H,1,3H2. The normalized spacial score (nSPS) is 8.38. The van der Waals surface area contributed by atoms with Crippen LogP contribution in [0, 0.1) is 0 Å². The second-order valence-corrected chi connectivity index (χ2v) is 4.12. The lowest BCUT2D eigenvalue weighted by atomic mass is 10.1. The summed E-state index contributed by atoms with van der Waals surface area (Å²) in [5.41, 5.74) is 7.16. The molecule has 3 aromatic rings. The van der Waals surface area contributed by atoms with Gasteiger partial charge >= 0.3 is 0 Å². The fraction of sp³-hybridized carbons (Fsp3) is 0. The van der Waals surface area contributed by atoms with Gasteiger partial charge in [-0.3, -0.25) is 0 Å². The minimum atomic E-state index is 1.25. The van der Waals surface area contributed by atoms with Gasteiger partial charge in [0.2, 0.25) is 0 Å². The Morgan fingerprint density at radius 2 is 0.714 bits per heavy atom. The van der Waals surface area contributed by atoms with Crippen molar-refractivity contribution >= 4 is 0 Å². The second-order valence-electron chi connectivity index (χ2n) is 4.12. The molecule has 1 heteroatoms. The molecule has 21 heavy (non-hydrogen) atoms. The van der Waals surface area contributed by atoms with Gasteiger partial charge in [-0.1, -0.05) is 104 Å². The third kappa shape index (κ3) is 7.38. The van der Waals surface area contributed by atoms with Crippen LogP contribution in [0.4, 0.5) is 0 Å². The van der Waals surface area contributed by atoms with Crippen molar-refractivity contribution in [2.24, 2.45) is 5.73 Å². The summed E-state index contributed by atoms with van der Waals surface area (Å²) in [7, 11) is 0. The maximum Gasteiger partial charge on any atom is -0.0136 e. The topological polar surface area (TPSA) is 26.0 Å². The van der Waals surface area contributed by atoms with Crippen molar-refractivity contribution in [1.82, 2.24) is 0 Å². The molecule has 3 rings (SSSR count). The molecule has 3 aromatic carbocycles. The summed E-state index contributed by atoms with van der Waals surface area (Å²) in [6, 6.07) is 32.8. The lowest BCUT2D eigenvalue weighted by molar-refractivity contribution is 1.62. The molecular weight excluding hydrogens is 254 g/mol. The number of rotatable bonds is 1. The average molecular weight is 275 g/mol. The van der Waals surface area contributed by atoms with Crippen molar-refractivity contribution in [1.29, 1.82) is 0 Å². The van der Waals surface area contributed by atoms with Gasteiger partial charge in [0.1, 0.15) is 0 Å².